The van der Waals surface area contributed by atoms with Crippen LogP contribution in [0, 0.1) is 0 Å². The van der Waals surface area contributed by atoms with Gasteiger partial charge in [0.2, 0.25) is 0 Å². The first-order valence-corrected chi connectivity index (χ1v) is 7.41. The fraction of sp³-hybridized carbons (Fsp3) is 0.250. The zero-order chi connectivity index (χ0) is 13.2. The average molecular weight is 317 g/mol. The predicted molar refractivity (Wildman–Crippen MR) is 84.3 cm³/mol. The number of halogens is 1. The van der Waals surface area contributed by atoms with Crippen molar-refractivity contribution in [2.75, 3.05) is 17.2 Å². The first kappa shape index (κ1) is 12.5. The van der Waals surface area contributed by atoms with Crippen molar-refractivity contribution in [3.05, 3.63) is 58.6 Å². The molecule has 1 aliphatic heterocycles. The minimum absolute atomic E-state index is 0.442. The molecule has 1 heterocycles. The standard InChI is InChI=1S/C16H17BrN2/c17-13-5-2-7-15(11-13)19-9-3-8-16(19)12-4-1-6-14(18)10-12/h1-2,4-7,10-11,16H,3,8-9,18H2. The summed E-state index contributed by atoms with van der Waals surface area (Å²) >= 11 is 3.55. The summed E-state index contributed by atoms with van der Waals surface area (Å²) in [6.45, 7) is 1.11. The Morgan fingerprint density at radius 1 is 1.11 bits per heavy atom. The summed E-state index contributed by atoms with van der Waals surface area (Å²) in [4.78, 5) is 2.47. The average Bonchev–Trinajstić information content (AvgIpc) is 2.88. The van der Waals surface area contributed by atoms with E-state index in [2.05, 4.69) is 57.2 Å². The summed E-state index contributed by atoms with van der Waals surface area (Å²) in [5.74, 6) is 0. The topological polar surface area (TPSA) is 29.3 Å². The van der Waals surface area contributed by atoms with E-state index < -0.39 is 0 Å². The van der Waals surface area contributed by atoms with Gasteiger partial charge in [-0.3, -0.25) is 0 Å². The quantitative estimate of drug-likeness (QED) is 0.833. The lowest BCUT2D eigenvalue weighted by molar-refractivity contribution is 0.719. The molecule has 0 radical (unpaired) electrons. The molecule has 1 atom stereocenters. The molecule has 0 amide bonds. The molecular weight excluding hydrogens is 300 g/mol. The summed E-state index contributed by atoms with van der Waals surface area (Å²) in [7, 11) is 0. The van der Waals surface area contributed by atoms with Crippen LogP contribution in [0.15, 0.2) is 53.0 Å². The summed E-state index contributed by atoms with van der Waals surface area (Å²) < 4.78 is 1.13. The Bertz CT molecular complexity index is 531. The van der Waals surface area contributed by atoms with Crippen molar-refractivity contribution >= 4 is 27.3 Å². The van der Waals surface area contributed by atoms with Gasteiger partial charge in [0.25, 0.3) is 0 Å². The van der Waals surface area contributed by atoms with Crippen LogP contribution in [-0.4, -0.2) is 6.54 Å². The molecular formula is C16H17BrN2. The van der Waals surface area contributed by atoms with Gasteiger partial charge in [0.15, 0.2) is 0 Å². The minimum Gasteiger partial charge on any atom is -0.399 e. The van der Waals surface area contributed by atoms with Gasteiger partial charge < -0.3 is 10.6 Å². The van der Waals surface area contributed by atoms with E-state index in [1.165, 1.54) is 24.1 Å². The molecule has 2 nitrogen and oxygen atoms in total. The van der Waals surface area contributed by atoms with Crippen LogP contribution in [0.4, 0.5) is 11.4 Å². The van der Waals surface area contributed by atoms with Gasteiger partial charge >= 0.3 is 0 Å². The van der Waals surface area contributed by atoms with E-state index in [0.717, 1.165) is 16.7 Å². The van der Waals surface area contributed by atoms with E-state index in [1.54, 1.807) is 0 Å². The third kappa shape index (κ3) is 2.61. The number of hydrogen-bond donors (Lipinski definition) is 1. The van der Waals surface area contributed by atoms with Crippen molar-refractivity contribution in [1.82, 2.24) is 0 Å². The van der Waals surface area contributed by atoms with E-state index in [1.807, 2.05) is 12.1 Å². The van der Waals surface area contributed by atoms with Gasteiger partial charge in [-0.2, -0.15) is 0 Å². The number of benzene rings is 2. The van der Waals surface area contributed by atoms with Crippen LogP contribution in [-0.2, 0) is 0 Å². The summed E-state index contributed by atoms with van der Waals surface area (Å²) in [5.41, 5.74) is 9.35. The van der Waals surface area contributed by atoms with Gasteiger partial charge in [-0.25, -0.2) is 0 Å². The Balaban J connectivity index is 1.93. The maximum atomic E-state index is 5.91. The minimum atomic E-state index is 0.442. The van der Waals surface area contributed by atoms with Gasteiger partial charge in [0.05, 0.1) is 6.04 Å². The highest BCUT2D eigenvalue weighted by atomic mass is 79.9. The van der Waals surface area contributed by atoms with E-state index in [-0.39, 0.29) is 0 Å². The molecule has 2 aromatic rings. The van der Waals surface area contributed by atoms with Gasteiger partial charge in [-0.05, 0) is 48.7 Å². The fourth-order valence-electron chi connectivity index (χ4n) is 2.84. The maximum absolute atomic E-state index is 5.91. The predicted octanol–water partition coefficient (Wildman–Crippen LogP) is 4.37. The molecule has 1 unspecified atom stereocenters. The van der Waals surface area contributed by atoms with Crippen LogP contribution in [0.3, 0.4) is 0 Å². The molecule has 1 fully saturated rings. The first-order chi connectivity index (χ1) is 9.24. The highest BCUT2D eigenvalue weighted by molar-refractivity contribution is 9.10. The van der Waals surface area contributed by atoms with Crippen LogP contribution in [0.2, 0.25) is 0 Å². The molecule has 2 N–H and O–H groups in total. The second-order valence-corrected chi connectivity index (χ2v) is 5.92. The Morgan fingerprint density at radius 3 is 2.74 bits per heavy atom. The number of rotatable bonds is 2. The lowest BCUT2D eigenvalue weighted by atomic mass is 10.0. The fourth-order valence-corrected chi connectivity index (χ4v) is 3.23. The zero-order valence-electron chi connectivity index (χ0n) is 10.7. The smallest absolute Gasteiger partial charge is 0.0543 e. The summed E-state index contributed by atoms with van der Waals surface area (Å²) in [6.07, 6.45) is 2.42. The van der Waals surface area contributed by atoms with Crippen LogP contribution >= 0.6 is 15.9 Å². The van der Waals surface area contributed by atoms with Crippen LogP contribution < -0.4 is 10.6 Å². The molecule has 0 saturated carbocycles. The molecule has 0 aromatic heterocycles. The van der Waals surface area contributed by atoms with Gasteiger partial charge in [0.1, 0.15) is 0 Å². The zero-order valence-corrected chi connectivity index (χ0v) is 12.3. The van der Waals surface area contributed by atoms with Crippen molar-refractivity contribution in [2.24, 2.45) is 0 Å². The van der Waals surface area contributed by atoms with Crippen molar-refractivity contribution in [2.45, 2.75) is 18.9 Å². The first-order valence-electron chi connectivity index (χ1n) is 6.62. The second-order valence-electron chi connectivity index (χ2n) is 5.00. The van der Waals surface area contributed by atoms with Gasteiger partial charge in [-0.1, -0.05) is 34.1 Å². The Morgan fingerprint density at radius 2 is 1.95 bits per heavy atom. The van der Waals surface area contributed by atoms with E-state index >= 15 is 0 Å². The molecule has 2 aromatic carbocycles. The highest BCUT2D eigenvalue weighted by Gasteiger charge is 2.26. The number of hydrogen-bond acceptors (Lipinski definition) is 2. The number of nitrogen functional groups attached to an aromatic ring is 1. The SMILES string of the molecule is Nc1cccc(C2CCCN2c2cccc(Br)c2)c1. The molecule has 0 aliphatic carbocycles. The van der Waals surface area contributed by atoms with Crippen molar-refractivity contribution < 1.29 is 0 Å². The monoisotopic (exact) mass is 316 g/mol. The molecule has 1 saturated heterocycles. The van der Waals surface area contributed by atoms with Crippen molar-refractivity contribution in [1.29, 1.82) is 0 Å². The third-order valence-electron chi connectivity index (χ3n) is 3.69. The highest BCUT2D eigenvalue weighted by Crippen LogP contribution is 2.37. The van der Waals surface area contributed by atoms with Crippen LogP contribution in [0.5, 0.6) is 0 Å². The molecule has 19 heavy (non-hydrogen) atoms. The lowest BCUT2D eigenvalue weighted by Gasteiger charge is -2.27. The number of nitrogens with zero attached hydrogens (tertiary/aromatic N) is 1. The van der Waals surface area contributed by atoms with Crippen molar-refractivity contribution in [3.63, 3.8) is 0 Å². The normalized spacial score (nSPS) is 18.8. The number of anilines is 2. The molecule has 0 bridgehead atoms. The molecule has 3 rings (SSSR count). The van der Waals surface area contributed by atoms with E-state index in [4.69, 9.17) is 5.73 Å². The third-order valence-corrected chi connectivity index (χ3v) is 4.18. The van der Waals surface area contributed by atoms with Gasteiger partial charge in [0, 0.05) is 22.4 Å². The Kier molecular flexibility index (Phi) is 3.47. The molecule has 0 spiro atoms. The van der Waals surface area contributed by atoms with Crippen LogP contribution in [0.25, 0.3) is 0 Å². The molecule has 3 heteroatoms. The largest absolute Gasteiger partial charge is 0.399 e. The van der Waals surface area contributed by atoms with Gasteiger partial charge in [-0.15, -0.1) is 0 Å². The molecule has 1 aliphatic rings. The Labute approximate surface area is 122 Å². The lowest BCUT2D eigenvalue weighted by Crippen LogP contribution is -2.22. The number of nitrogens with two attached hydrogens (primary N) is 1. The van der Waals surface area contributed by atoms with Crippen LogP contribution in [0.1, 0.15) is 24.4 Å². The summed E-state index contributed by atoms with van der Waals surface area (Å²) in [5, 5.41) is 0. The maximum Gasteiger partial charge on any atom is 0.0543 e. The Hall–Kier alpha value is -1.48. The second kappa shape index (κ2) is 5.25. The van der Waals surface area contributed by atoms with Crippen molar-refractivity contribution in [3.8, 4) is 0 Å². The summed E-state index contributed by atoms with van der Waals surface area (Å²) in [6, 6.07) is 17.2. The van der Waals surface area contributed by atoms with E-state index in [0.29, 0.717) is 6.04 Å². The molecule has 98 valence electrons. The van der Waals surface area contributed by atoms with E-state index in [9.17, 15) is 0 Å².